The molecule has 0 saturated carbocycles. The Bertz CT molecular complexity index is 643. The SMILES string of the molecule is Cl.Cl.NCCCOC1CCN(C(=O)Cc2csc(-c3ccoc3)n2)CC1. The molecule has 1 aliphatic rings. The molecule has 1 amide bonds. The highest BCUT2D eigenvalue weighted by molar-refractivity contribution is 7.13. The number of likely N-dealkylation sites (tertiary alicyclic amines) is 1. The summed E-state index contributed by atoms with van der Waals surface area (Å²) in [6.07, 6.45) is 6.59. The molecule has 2 aromatic rings. The standard InChI is InChI=1S/C17H23N3O3S.2ClH/c18-5-1-8-23-15-2-6-20(7-3-15)16(21)10-14-12-24-17(19-14)13-4-9-22-11-13;;/h4,9,11-12,15H,1-3,5-8,10,18H2;2*1H. The average Bonchev–Trinajstić information content (AvgIpc) is 3.27. The van der Waals surface area contributed by atoms with Crippen molar-refractivity contribution in [1.29, 1.82) is 0 Å². The van der Waals surface area contributed by atoms with E-state index in [0.29, 0.717) is 19.6 Å². The van der Waals surface area contributed by atoms with Gasteiger partial charge >= 0.3 is 0 Å². The minimum absolute atomic E-state index is 0. The summed E-state index contributed by atoms with van der Waals surface area (Å²) in [6.45, 7) is 2.88. The van der Waals surface area contributed by atoms with Crippen LogP contribution in [0.15, 0.2) is 28.4 Å². The second-order valence-electron chi connectivity index (χ2n) is 5.93. The maximum atomic E-state index is 12.4. The Kier molecular flexibility index (Phi) is 10.2. The summed E-state index contributed by atoms with van der Waals surface area (Å²) >= 11 is 1.54. The maximum absolute atomic E-state index is 12.4. The van der Waals surface area contributed by atoms with Crippen LogP contribution < -0.4 is 5.73 Å². The lowest BCUT2D eigenvalue weighted by Crippen LogP contribution is -2.41. The molecular weight excluding hydrogens is 397 g/mol. The molecule has 2 aromatic heterocycles. The van der Waals surface area contributed by atoms with Crippen molar-refractivity contribution in [3.05, 3.63) is 29.7 Å². The molecule has 0 unspecified atom stereocenters. The van der Waals surface area contributed by atoms with Gasteiger partial charge in [-0.3, -0.25) is 4.79 Å². The Hall–Kier alpha value is -1.12. The highest BCUT2D eigenvalue weighted by Crippen LogP contribution is 2.24. The van der Waals surface area contributed by atoms with Crippen molar-refractivity contribution in [1.82, 2.24) is 9.88 Å². The molecule has 9 heteroatoms. The van der Waals surface area contributed by atoms with E-state index in [9.17, 15) is 4.79 Å². The second-order valence-corrected chi connectivity index (χ2v) is 6.78. The fourth-order valence-corrected chi connectivity index (χ4v) is 3.58. The number of carbonyl (C=O) groups is 1. The molecule has 1 saturated heterocycles. The van der Waals surface area contributed by atoms with Crippen LogP contribution in [0.2, 0.25) is 0 Å². The second kappa shape index (κ2) is 11.6. The predicted molar refractivity (Wildman–Crippen MR) is 107 cm³/mol. The first-order valence-electron chi connectivity index (χ1n) is 8.32. The van der Waals surface area contributed by atoms with Crippen molar-refractivity contribution in [3.63, 3.8) is 0 Å². The monoisotopic (exact) mass is 421 g/mol. The Labute approximate surface area is 169 Å². The minimum atomic E-state index is 0. The molecular formula is C17H25Cl2N3O3S. The first kappa shape index (κ1) is 22.9. The lowest BCUT2D eigenvalue weighted by molar-refractivity contribution is -0.133. The van der Waals surface area contributed by atoms with Crippen molar-refractivity contribution in [2.75, 3.05) is 26.2 Å². The largest absolute Gasteiger partial charge is 0.472 e. The topological polar surface area (TPSA) is 81.6 Å². The number of piperidine rings is 1. The number of ether oxygens (including phenoxy) is 1. The molecule has 1 aliphatic heterocycles. The molecule has 2 N–H and O–H groups in total. The van der Waals surface area contributed by atoms with Gasteiger partial charge in [0.1, 0.15) is 11.3 Å². The van der Waals surface area contributed by atoms with Crippen LogP contribution in [0.5, 0.6) is 0 Å². The number of furan rings is 1. The van der Waals surface area contributed by atoms with E-state index >= 15 is 0 Å². The van der Waals surface area contributed by atoms with E-state index in [0.717, 1.165) is 48.6 Å². The zero-order valence-corrected chi connectivity index (χ0v) is 16.9. The van der Waals surface area contributed by atoms with E-state index in [1.807, 2.05) is 16.3 Å². The number of aromatic nitrogens is 1. The van der Waals surface area contributed by atoms with E-state index in [1.54, 1.807) is 12.5 Å². The number of amides is 1. The highest BCUT2D eigenvalue weighted by atomic mass is 35.5. The van der Waals surface area contributed by atoms with Gasteiger partial charge in [-0.05, 0) is 31.9 Å². The van der Waals surface area contributed by atoms with Crippen molar-refractivity contribution in [2.24, 2.45) is 5.73 Å². The molecule has 6 nitrogen and oxygen atoms in total. The number of thiazole rings is 1. The zero-order chi connectivity index (χ0) is 16.8. The third-order valence-corrected chi connectivity index (χ3v) is 5.09. The fourth-order valence-electron chi connectivity index (χ4n) is 2.78. The van der Waals surface area contributed by atoms with Gasteiger partial charge in [0.05, 0.1) is 24.5 Å². The first-order chi connectivity index (χ1) is 11.8. The van der Waals surface area contributed by atoms with Gasteiger partial charge < -0.3 is 19.8 Å². The van der Waals surface area contributed by atoms with Gasteiger partial charge in [0, 0.05) is 30.6 Å². The van der Waals surface area contributed by atoms with E-state index in [-0.39, 0.29) is 36.8 Å². The summed E-state index contributed by atoms with van der Waals surface area (Å²) in [7, 11) is 0. The van der Waals surface area contributed by atoms with Crippen molar-refractivity contribution in [3.8, 4) is 10.6 Å². The highest BCUT2D eigenvalue weighted by Gasteiger charge is 2.23. The summed E-state index contributed by atoms with van der Waals surface area (Å²) in [6, 6.07) is 1.87. The van der Waals surface area contributed by atoms with E-state index in [4.69, 9.17) is 14.9 Å². The van der Waals surface area contributed by atoms with Gasteiger partial charge in [-0.25, -0.2) is 4.98 Å². The van der Waals surface area contributed by atoms with Crippen LogP contribution in [0, 0.1) is 0 Å². The predicted octanol–water partition coefficient (Wildman–Crippen LogP) is 3.15. The molecule has 26 heavy (non-hydrogen) atoms. The first-order valence-corrected chi connectivity index (χ1v) is 9.20. The van der Waals surface area contributed by atoms with Crippen LogP contribution in [0.1, 0.15) is 25.0 Å². The van der Waals surface area contributed by atoms with Gasteiger partial charge in [0.15, 0.2) is 0 Å². The summed E-state index contributed by atoms with van der Waals surface area (Å²) in [5.41, 5.74) is 7.24. The van der Waals surface area contributed by atoms with Crippen LogP contribution in [0.4, 0.5) is 0 Å². The minimum Gasteiger partial charge on any atom is -0.472 e. The molecule has 3 heterocycles. The number of carbonyl (C=O) groups excluding carboxylic acids is 1. The van der Waals surface area contributed by atoms with Crippen LogP contribution in [-0.2, 0) is 16.0 Å². The van der Waals surface area contributed by atoms with Gasteiger partial charge in [-0.1, -0.05) is 0 Å². The maximum Gasteiger partial charge on any atom is 0.228 e. The average molecular weight is 422 g/mol. The number of nitrogens with two attached hydrogens (primary N) is 1. The van der Waals surface area contributed by atoms with Crippen molar-refractivity contribution >= 4 is 42.1 Å². The summed E-state index contributed by atoms with van der Waals surface area (Å²) in [5, 5.41) is 2.83. The van der Waals surface area contributed by atoms with Crippen molar-refractivity contribution < 1.29 is 13.9 Å². The van der Waals surface area contributed by atoms with Gasteiger partial charge in [0.2, 0.25) is 5.91 Å². The molecule has 0 bridgehead atoms. The lowest BCUT2D eigenvalue weighted by atomic mass is 10.1. The van der Waals surface area contributed by atoms with Gasteiger partial charge in [-0.2, -0.15) is 0 Å². The van der Waals surface area contributed by atoms with Crippen LogP contribution in [0.25, 0.3) is 10.6 Å². The number of halogens is 2. The zero-order valence-electron chi connectivity index (χ0n) is 14.5. The third kappa shape index (κ3) is 6.25. The van der Waals surface area contributed by atoms with Gasteiger partial charge in [0.25, 0.3) is 0 Å². The summed E-state index contributed by atoms with van der Waals surface area (Å²) in [4.78, 5) is 18.9. The molecule has 0 radical (unpaired) electrons. The molecule has 0 aromatic carbocycles. The van der Waals surface area contributed by atoms with Crippen LogP contribution >= 0.6 is 36.2 Å². The molecule has 0 atom stereocenters. The Morgan fingerprint density at radius 3 is 2.81 bits per heavy atom. The van der Waals surface area contributed by atoms with Gasteiger partial charge in [-0.15, -0.1) is 36.2 Å². The number of rotatable bonds is 7. The Morgan fingerprint density at radius 2 is 2.15 bits per heavy atom. The molecule has 3 rings (SSSR count). The number of hydrogen-bond acceptors (Lipinski definition) is 6. The molecule has 146 valence electrons. The van der Waals surface area contributed by atoms with Crippen LogP contribution in [0.3, 0.4) is 0 Å². The number of hydrogen-bond donors (Lipinski definition) is 1. The molecule has 0 spiro atoms. The molecule has 1 fully saturated rings. The van der Waals surface area contributed by atoms with Crippen molar-refractivity contribution in [2.45, 2.75) is 31.8 Å². The van der Waals surface area contributed by atoms with E-state index in [1.165, 1.54) is 11.3 Å². The quantitative estimate of drug-likeness (QED) is 0.694. The van der Waals surface area contributed by atoms with Crippen LogP contribution in [-0.4, -0.2) is 48.1 Å². The third-order valence-electron chi connectivity index (χ3n) is 4.15. The Morgan fingerprint density at radius 1 is 1.38 bits per heavy atom. The lowest BCUT2D eigenvalue weighted by Gasteiger charge is -2.32. The van der Waals surface area contributed by atoms with E-state index in [2.05, 4.69) is 4.98 Å². The normalized spacial score (nSPS) is 14.6. The summed E-state index contributed by atoms with van der Waals surface area (Å²) in [5.74, 6) is 0.138. The number of nitrogens with zero attached hydrogens (tertiary/aromatic N) is 2. The molecule has 0 aliphatic carbocycles. The summed E-state index contributed by atoms with van der Waals surface area (Å²) < 4.78 is 10.8. The Balaban J connectivity index is 0.00000169. The fraction of sp³-hybridized carbons (Fsp3) is 0.529. The van der Waals surface area contributed by atoms with E-state index < -0.39 is 0 Å². The smallest absolute Gasteiger partial charge is 0.228 e.